The lowest BCUT2D eigenvalue weighted by Gasteiger charge is -2.42. The van der Waals surface area contributed by atoms with Crippen molar-refractivity contribution in [2.75, 3.05) is 26.4 Å². The molecule has 2 saturated heterocycles. The van der Waals surface area contributed by atoms with E-state index < -0.39 is 92.7 Å². The van der Waals surface area contributed by atoms with Crippen LogP contribution in [-0.2, 0) is 38.0 Å². The van der Waals surface area contributed by atoms with Crippen LogP contribution in [0.1, 0.15) is 174 Å². The van der Waals surface area contributed by atoms with Gasteiger partial charge in [0.05, 0.1) is 19.8 Å². The summed E-state index contributed by atoms with van der Waals surface area (Å²) in [5.41, 5.74) is 0. The predicted molar refractivity (Wildman–Crippen MR) is 229 cm³/mol. The molecule has 0 aliphatic carbocycles. The van der Waals surface area contributed by atoms with Gasteiger partial charge in [-0.15, -0.1) is 0 Å². The van der Waals surface area contributed by atoms with E-state index in [2.05, 4.69) is 26.0 Å². The number of aliphatic hydroxyl groups is 7. The van der Waals surface area contributed by atoms with E-state index >= 15 is 0 Å². The highest BCUT2D eigenvalue weighted by Gasteiger charge is 2.47. The van der Waals surface area contributed by atoms with E-state index in [1.165, 1.54) is 89.9 Å². The van der Waals surface area contributed by atoms with Crippen LogP contribution in [0, 0.1) is 0 Å². The molecule has 2 fully saturated rings. The first-order valence-corrected chi connectivity index (χ1v) is 23.8. The number of hydrogen-bond donors (Lipinski definition) is 7. The fraction of sp³-hybridized carbons (Fsp3) is 0.913. The van der Waals surface area contributed by atoms with Crippen molar-refractivity contribution in [1.82, 2.24) is 0 Å². The molecule has 2 aliphatic rings. The normalized spacial score (nSPS) is 27.4. The van der Waals surface area contributed by atoms with E-state index in [-0.39, 0.29) is 26.1 Å². The number of aliphatic hydroxyl groups excluding tert-OH is 7. The SMILES string of the molecule is CCCCCCCCCC/C=C/CCCCCC(=O)OC[C@H](CO[C@@H]1O[C@H](CO[C@@H]2O[C@H](CO)[C@H](O)C(O)C2O)[C@H](O)C(O)C1O)OC(=O)CCCCCCCCCCCC. The van der Waals surface area contributed by atoms with Gasteiger partial charge < -0.3 is 64.2 Å². The van der Waals surface area contributed by atoms with Crippen LogP contribution in [0.4, 0.5) is 0 Å². The second-order valence-corrected chi connectivity index (χ2v) is 16.9. The standard InChI is InChI=1S/C46H84O15/c1-3-5-7-9-11-13-15-16-17-18-19-21-22-24-26-28-37(48)56-31-34(59-38(49)29-27-25-23-20-14-12-10-8-6-4-2)32-57-45-44(55)42(53)40(51)36(61-45)33-58-46-43(54)41(52)39(50)35(30-47)60-46/h18-19,34-36,39-47,50-55H,3-17,20-33H2,1-2H3/b19-18+/t34-,35-,36-,39+,40+,41?,42?,43?,44?,45-,46-/m1/s1. The molecule has 0 aromatic rings. The van der Waals surface area contributed by atoms with E-state index in [0.717, 1.165) is 44.9 Å². The van der Waals surface area contributed by atoms with Gasteiger partial charge in [-0.1, -0.05) is 135 Å². The van der Waals surface area contributed by atoms with Gasteiger partial charge in [0.25, 0.3) is 0 Å². The number of carbonyl (C=O) groups is 2. The largest absolute Gasteiger partial charge is 0.462 e. The van der Waals surface area contributed by atoms with Crippen molar-refractivity contribution >= 4 is 11.9 Å². The Morgan fingerprint density at radius 3 is 1.46 bits per heavy atom. The summed E-state index contributed by atoms with van der Waals surface area (Å²) >= 11 is 0. The van der Waals surface area contributed by atoms with Gasteiger partial charge in [0.15, 0.2) is 18.7 Å². The summed E-state index contributed by atoms with van der Waals surface area (Å²) < 4.78 is 33.4. The average Bonchev–Trinajstić information content (AvgIpc) is 3.25. The maximum Gasteiger partial charge on any atom is 0.306 e. The van der Waals surface area contributed by atoms with E-state index in [1.54, 1.807) is 0 Å². The Hall–Kier alpha value is -1.76. The predicted octanol–water partition coefficient (Wildman–Crippen LogP) is 5.43. The van der Waals surface area contributed by atoms with Gasteiger partial charge in [0, 0.05) is 12.8 Å². The summed E-state index contributed by atoms with van der Waals surface area (Å²) in [6.45, 7) is 2.55. The zero-order chi connectivity index (χ0) is 44.7. The van der Waals surface area contributed by atoms with E-state index in [4.69, 9.17) is 28.4 Å². The van der Waals surface area contributed by atoms with Crippen LogP contribution in [0.5, 0.6) is 0 Å². The summed E-state index contributed by atoms with van der Waals surface area (Å²) in [4.78, 5) is 25.6. The topological polar surface area (TPSA) is 231 Å². The van der Waals surface area contributed by atoms with Crippen molar-refractivity contribution in [1.29, 1.82) is 0 Å². The quantitative estimate of drug-likeness (QED) is 0.0236. The monoisotopic (exact) mass is 877 g/mol. The van der Waals surface area contributed by atoms with Crippen molar-refractivity contribution in [3.05, 3.63) is 12.2 Å². The molecule has 0 aromatic heterocycles. The Bertz CT molecular complexity index is 1120. The molecule has 15 heteroatoms. The van der Waals surface area contributed by atoms with Crippen molar-refractivity contribution in [3.63, 3.8) is 0 Å². The lowest BCUT2D eigenvalue weighted by atomic mass is 9.98. The third-order valence-electron chi connectivity index (χ3n) is 11.5. The number of carbonyl (C=O) groups excluding carboxylic acids is 2. The molecule has 0 radical (unpaired) electrons. The third kappa shape index (κ3) is 23.7. The molecule has 61 heavy (non-hydrogen) atoms. The molecule has 15 nitrogen and oxygen atoms in total. The first kappa shape index (κ1) is 55.4. The summed E-state index contributed by atoms with van der Waals surface area (Å²) in [5.74, 6) is -0.940. The van der Waals surface area contributed by atoms with Crippen LogP contribution in [-0.4, -0.2) is 142 Å². The third-order valence-corrected chi connectivity index (χ3v) is 11.5. The van der Waals surface area contributed by atoms with Crippen molar-refractivity contribution in [2.24, 2.45) is 0 Å². The second kappa shape index (κ2) is 34.6. The molecule has 0 saturated carbocycles. The molecule has 0 amide bonds. The Morgan fingerprint density at radius 1 is 0.508 bits per heavy atom. The fourth-order valence-electron chi connectivity index (χ4n) is 7.50. The van der Waals surface area contributed by atoms with Gasteiger partial charge in [0.1, 0.15) is 55.4 Å². The van der Waals surface area contributed by atoms with Crippen LogP contribution in [0.3, 0.4) is 0 Å². The first-order valence-electron chi connectivity index (χ1n) is 23.8. The van der Waals surface area contributed by atoms with Gasteiger partial charge in [0.2, 0.25) is 0 Å². The van der Waals surface area contributed by atoms with Gasteiger partial charge in [-0.05, 0) is 38.5 Å². The number of allylic oxidation sites excluding steroid dienone is 2. The molecule has 2 aliphatic heterocycles. The summed E-state index contributed by atoms with van der Waals surface area (Å²) in [6.07, 6.45) is 14.0. The van der Waals surface area contributed by atoms with Gasteiger partial charge in [-0.2, -0.15) is 0 Å². The summed E-state index contributed by atoms with van der Waals surface area (Å²) in [6, 6.07) is 0. The Morgan fingerprint density at radius 2 is 0.934 bits per heavy atom. The lowest BCUT2D eigenvalue weighted by Crippen LogP contribution is -2.61. The molecule has 358 valence electrons. The van der Waals surface area contributed by atoms with E-state index in [1.807, 2.05) is 0 Å². The van der Waals surface area contributed by atoms with Crippen molar-refractivity contribution < 1.29 is 73.8 Å². The maximum absolute atomic E-state index is 12.9. The fourth-order valence-corrected chi connectivity index (χ4v) is 7.50. The number of hydrogen-bond acceptors (Lipinski definition) is 15. The van der Waals surface area contributed by atoms with Gasteiger partial charge >= 0.3 is 11.9 Å². The van der Waals surface area contributed by atoms with Gasteiger partial charge in [-0.25, -0.2) is 0 Å². The number of esters is 2. The highest BCUT2D eigenvalue weighted by molar-refractivity contribution is 5.70. The minimum atomic E-state index is -1.76. The lowest BCUT2D eigenvalue weighted by molar-refractivity contribution is -0.332. The summed E-state index contributed by atoms with van der Waals surface area (Å²) in [5, 5.41) is 71.8. The number of unbranched alkanes of at least 4 members (excludes halogenated alkanes) is 20. The number of ether oxygens (including phenoxy) is 6. The molecule has 0 spiro atoms. The Kier molecular flexibility index (Phi) is 31.4. The van der Waals surface area contributed by atoms with Crippen molar-refractivity contribution in [2.45, 2.75) is 242 Å². The first-order chi connectivity index (χ1) is 29.5. The molecule has 7 N–H and O–H groups in total. The zero-order valence-electron chi connectivity index (χ0n) is 37.4. The molecule has 11 atom stereocenters. The van der Waals surface area contributed by atoms with Crippen molar-refractivity contribution in [3.8, 4) is 0 Å². The van der Waals surface area contributed by atoms with Gasteiger partial charge in [-0.3, -0.25) is 9.59 Å². The van der Waals surface area contributed by atoms with Crippen LogP contribution in [0.2, 0.25) is 0 Å². The van der Waals surface area contributed by atoms with E-state index in [9.17, 15) is 45.3 Å². The molecule has 0 bridgehead atoms. The van der Waals surface area contributed by atoms with E-state index in [0.29, 0.717) is 12.8 Å². The molecule has 2 heterocycles. The second-order valence-electron chi connectivity index (χ2n) is 16.9. The molecule has 4 unspecified atom stereocenters. The Labute approximate surface area is 365 Å². The smallest absolute Gasteiger partial charge is 0.306 e. The summed E-state index contributed by atoms with van der Waals surface area (Å²) in [7, 11) is 0. The molecular weight excluding hydrogens is 792 g/mol. The van der Waals surface area contributed by atoms with Crippen LogP contribution < -0.4 is 0 Å². The minimum Gasteiger partial charge on any atom is -0.462 e. The highest BCUT2D eigenvalue weighted by Crippen LogP contribution is 2.26. The minimum absolute atomic E-state index is 0.166. The molecule has 2 rings (SSSR count). The van der Waals surface area contributed by atoms with Crippen LogP contribution in [0.15, 0.2) is 12.2 Å². The maximum atomic E-state index is 12.9. The molecule has 0 aromatic carbocycles. The van der Waals surface area contributed by atoms with Crippen LogP contribution in [0.25, 0.3) is 0 Å². The zero-order valence-corrected chi connectivity index (χ0v) is 37.4. The molecular formula is C46H84O15. The highest BCUT2D eigenvalue weighted by atomic mass is 16.7. The number of rotatable bonds is 36. The average molecular weight is 877 g/mol. The Balaban J connectivity index is 1.84. The van der Waals surface area contributed by atoms with Crippen LogP contribution >= 0.6 is 0 Å².